The highest BCUT2D eigenvalue weighted by Gasteiger charge is 2.20. The smallest absolute Gasteiger partial charge is 0.317 e. The van der Waals surface area contributed by atoms with Crippen LogP contribution in [0.4, 0.5) is 10.5 Å². The molecule has 0 saturated carbocycles. The molecule has 0 unspecified atom stereocenters. The van der Waals surface area contributed by atoms with Crippen LogP contribution in [0.5, 0.6) is 0 Å². The largest absolute Gasteiger partial charge is 0.331 e. The average Bonchev–Trinajstić information content (AvgIpc) is 2.81. The second-order valence-corrected chi connectivity index (χ2v) is 6.44. The highest BCUT2D eigenvalue weighted by atomic mass is 32.2. The van der Waals surface area contributed by atoms with Crippen LogP contribution in [0.25, 0.3) is 0 Å². The van der Waals surface area contributed by atoms with Crippen molar-refractivity contribution in [3.8, 4) is 0 Å². The molecule has 2 amide bonds. The van der Waals surface area contributed by atoms with E-state index in [1.807, 2.05) is 29.7 Å². The number of nitrogens with one attached hydrogen (secondary N) is 1. The lowest BCUT2D eigenvalue weighted by atomic mass is 10.0. The maximum Gasteiger partial charge on any atom is 0.317 e. The molecule has 1 N–H and O–H groups in total. The Morgan fingerprint density at radius 1 is 1.45 bits per heavy atom. The van der Waals surface area contributed by atoms with Crippen molar-refractivity contribution in [2.75, 3.05) is 24.6 Å². The molecule has 1 saturated heterocycles. The van der Waals surface area contributed by atoms with Gasteiger partial charge in [-0.05, 0) is 24.2 Å². The summed E-state index contributed by atoms with van der Waals surface area (Å²) in [4.78, 5) is 24.7. The van der Waals surface area contributed by atoms with E-state index in [-0.39, 0.29) is 17.8 Å². The van der Waals surface area contributed by atoms with E-state index in [1.165, 1.54) is 12.1 Å². The van der Waals surface area contributed by atoms with Crippen LogP contribution in [-0.2, 0) is 0 Å². The molecule has 1 aliphatic heterocycles. The minimum Gasteiger partial charge on any atom is -0.331 e. The highest BCUT2D eigenvalue weighted by Crippen LogP contribution is 2.22. The summed E-state index contributed by atoms with van der Waals surface area (Å²) in [5.74, 6) is 2.05. The lowest BCUT2D eigenvalue weighted by Crippen LogP contribution is -2.42. The quantitative estimate of drug-likeness (QED) is 0.682. The maximum atomic E-state index is 12.4. The molecule has 1 aromatic carbocycles. The first kappa shape index (κ1) is 16.6. The van der Waals surface area contributed by atoms with Crippen molar-refractivity contribution in [1.82, 2.24) is 10.2 Å². The van der Waals surface area contributed by atoms with Crippen LogP contribution in [0.15, 0.2) is 24.3 Å². The van der Waals surface area contributed by atoms with E-state index >= 15 is 0 Å². The zero-order chi connectivity index (χ0) is 15.9. The lowest BCUT2D eigenvalue weighted by Gasteiger charge is -2.25. The molecule has 0 aliphatic carbocycles. The number of carbonyl (C=O) groups is 1. The van der Waals surface area contributed by atoms with E-state index in [9.17, 15) is 14.9 Å². The number of benzene rings is 1. The fourth-order valence-electron chi connectivity index (χ4n) is 2.47. The van der Waals surface area contributed by atoms with E-state index < -0.39 is 4.92 Å². The van der Waals surface area contributed by atoms with Crippen LogP contribution in [0.3, 0.4) is 0 Å². The Bertz CT molecular complexity index is 531. The number of nitro benzene ring substituents is 1. The fourth-order valence-corrected chi connectivity index (χ4v) is 3.35. The monoisotopic (exact) mass is 323 g/mol. The van der Waals surface area contributed by atoms with Gasteiger partial charge in [0.15, 0.2) is 0 Å². The number of nitro groups is 1. The van der Waals surface area contributed by atoms with Crippen molar-refractivity contribution in [3.05, 3.63) is 39.9 Å². The summed E-state index contributed by atoms with van der Waals surface area (Å²) in [5.41, 5.74) is 0.825. The number of carbonyl (C=O) groups excluding carboxylic acids is 1. The van der Waals surface area contributed by atoms with Crippen LogP contribution in [-0.4, -0.2) is 40.4 Å². The van der Waals surface area contributed by atoms with Gasteiger partial charge in [-0.2, -0.15) is 11.8 Å². The lowest BCUT2D eigenvalue weighted by molar-refractivity contribution is -0.384. The SMILES string of the molecule is CC[C@@H](NC(=O)N1CCCSCC1)c1cccc([N+](=O)[O-])c1. The van der Waals surface area contributed by atoms with Gasteiger partial charge in [0, 0.05) is 31.0 Å². The van der Waals surface area contributed by atoms with E-state index in [4.69, 9.17) is 0 Å². The third-order valence-electron chi connectivity index (χ3n) is 3.70. The number of amides is 2. The number of rotatable bonds is 4. The minimum atomic E-state index is -0.413. The van der Waals surface area contributed by atoms with Gasteiger partial charge < -0.3 is 10.2 Å². The fraction of sp³-hybridized carbons (Fsp3) is 0.533. The van der Waals surface area contributed by atoms with Gasteiger partial charge in [0.2, 0.25) is 0 Å². The number of nitrogens with zero attached hydrogens (tertiary/aromatic N) is 2. The molecular formula is C15H21N3O3S. The standard InChI is InChI=1S/C15H21N3O3S/c1-2-14(12-5-3-6-13(11-12)18(20)21)16-15(19)17-7-4-9-22-10-8-17/h3,5-6,11,14H,2,4,7-10H2,1H3,(H,16,19)/t14-/m1/s1. The molecule has 0 radical (unpaired) electrons. The summed E-state index contributed by atoms with van der Waals surface area (Å²) in [6, 6.07) is 6.19. The molecular weight excluding hydrogens is 302 g/mol. The Hall–Kier alpha value is -1.76. The van der Waals surface area contributed by atoms with Crippen LogP contribution < -0.4 is 5.32 Å². The Labute approximate surface area is 134 Å². The Kier molecular flexibility index (Phi) is 6.06. The molecule has 1 aliphatic rings. The van der Waals surface area contributed by atoms with Gasteiger partial charge in [-0.25, -0.2) is 4.79 Å². The van der Waals surface area contributed by atoms with Crippen molar-refractivity contribution in [2.45, 2.75) is 25.8 Å². The van der Waals surface area contributed by atoms with Crippen molar-refractivity contribution in [1.29, 1.82) is 0 Å². The van der Waals surface area contributed by atoms with Gasteiger partial charge in [-0.1, -0.05) is 19.1 Å². The van der Waals surface area contributed by atoms with Crippen molar-refractivity contribution in [2.24, 2.45) is 0 Å². The first-order valence-electron chi connectivity index (χ1n) is 7.49. The first-order chi connectivity index (χ1) is 10.6. The van der Waals surface area contributed by atoms with Crippen LogP contribution in [0.1, 0.15) is 31.4 Å². The number of non-ortho nitro benzene ring substituents is 1. The van der Waals surface area contributed by atoms with Crippen molar-refractivity contribution in [3.63, 3.8) is 0 Å². The normalized spacial score (nSPS) is 16.7. The van der Waals surface area contributed by atoms with E-state index in [0.29, 0.717) is 6.42 Å². The van der Waals surface area contributed by atoms with Crippen molar-refractivity contribution >= 4 is 23.5 Å². The number of hydrogen-bond acceptors (Lipinski definition) is 4. The van der Waals surface area contributed by atoms with Gasteiger partial charge in [0.05, 0.1) is 11.0 Å². The Morgan fingerprint density at radius 3 is 3.00 bits per heavy atom. The molecule has 1 heterocycles. The molecule has 1 aromatic rings. The predicted octanol–water partition coefficient (Wildman–Crippen LogP) is 3.19. The van der Waals surface area contributed by atoms with E-state index in [0.717, 1.165) is 36.6 Å². The summed E-state index contributed by atoms with van der Waals surface area (Å²) < 4.78 is 0. The van der Waals surface area contributed by atoms with Gasteiger partial charge in [0.1, 0.15) is 0 Å². The van der Waals surface area contributed by atoms with Crippen molar-refractivity contribution < 1.29 is 9.72 Å². The minimum absolute atomic E-state index is 0.0522. The van der Waals surface area contributed by atoms with Crippen LogP contribution in [0.2, 0.25) is 0 Å². The second-order valence-electron chi connectivity index (χ2n) is 5.22. The molecule has 0 spiro atoms. The maximum absolute atomic E-state index is 12.4. The van der Waals surface area contributed by atoms with Gasteiger partial charge in [0.25, 0.3) is 5.69 Å². The molecule has 22 heavy (non-hydrogen) atoms. The molecule has 6 nitrogen and oxygen atoms in total. The summed E-state index contributed by atoms with van der Waals surface area (Å²) in [6.45, 7) is 3.48. The number of thioether (sulfide) groups is 1. The zero-order valence-corrected chi connectivity index (χ0v) is 13.5. The summed E-state index contributed by atoms with van der Waals surface area (Å²) in [6.07, 6.45) is 1.70. The van der Waals surface area contributed by atoms with Crippen LogP contribution in [0, 0.1) is 10.1 Å². The highest BCUT2D eigenvalue weighted by molar-refractivity contribution is 7.99. The zero-order valence-electron chi connectivity index (χ0n) is 12.7. The predicted molar refractivity (Wildman–Crippen MR) is 88.2 cm³/mol. The number of hydrogen-bond donors (Lipinski definition) is 1. The second kappa shape index (κ2) is 8.03. The summed E-state index contributed by atoms with van der Waals surface area (Å²) in [5, 5.41) is 13.9. The van der Waals surface area contributed by atoms with E-state index in [2.05, 4.69) is 5.32 Å². The van der Waals surface area contributed by atoms with Gasteiger partial charge in [-0.3, -0.25) is 10.1 Å². The number of urea groups is 1. The Morgan fingerprint density at radius 2 is 2.27 bits per heavy atom. The molecule has 1 fully saturated rings. The van der Waals surface area contributed by atoms with Gasteiger partial charge >= 0.3 is 6.03 Å². The molecule has 2 rings (SSSR count). The van der Waals surface area contributed by atoms with E-state index in [1.54, 1.807) is 6.07 Å². The molecule has 0 bridgehead atoms. The van der Waals surface area contributed by atoms with Gasteiger partial charge in [-0.15, -0.1) is 0 Å². The summed E-state index contributed by atoms with van der Waals surface area (Å²) >= 11 is 1.87. The molecule has 0 aromatic heterocycles. The molecule has 120 valence electrons. The molecule has 7 heteroatoms. The first-order valence-corrected chi connectivity index (χ1v) is 8.65. The molecule has 1 atom stereocenters. The Balaban J connectivity index is 2.06. The third kappa shape index (κ3) is 4.37. The van der Waals surface area contributed by atoms with Crippen LogP contribution >= 0.6 is 11.8 Å². The summed E-state index contributed by atoms with van der Waals surface area (Å²) in [7, 11) is 0. The third-order valence-corrected chi connectivity index (χ3v) is 4.75. The topological polar surface area (TPSA) is 75.5 Å². The average molecular weight is 323 g/mol.